The van der Waals surface area contributed by atoms with Crippen LogP contribution in [-0.2, 0) is 4.79 Å². The number of rotatable bonds is 7. The number of nitriles is 1. The predicted octanol–water partition coefficient (Wildman–Crippen LogP) is 3.89. The summed E-state index contributed by atoms with van der Waals surface area (Å²) in [5.74, 6) is -0.521. The molecule has 1 aliphatic carbocycles. The summed E-state index contributed by atoms with van der Waals surface area (Å²) in [6, 6.07) is 4.10. The number of hydrogen-bond acceptors (Lipinski definition) is 5. The summed E-state index contributed by atoms with van der Waals surface area (Å²) < 4.78 is 3.49. The van der Waals surface area contributed by atoms with Crippen LogP contribution in [-0.4, -0.2) is 37.0 Å². The van der Waals surface area contributed by atoms with Crippen molar-refractivity contribution in [1.29, 1.82) is 5.26 Å². The van der Waals surface area contributed by atoms with Crippen LogP contribution in [0.4, 0.5) is 11.4 Å². The third-order valence-electron chi connectivity index (χ3n) is 5.66. The molecule has 1 aliphatic rings. The molecule has 4 rings (SSSR count). The van der Waals surface area contributed by atoms with Gasteiger partial charge in [-0.1, -0.05) is 12.8 Å². The molecule has 9 nitrogen and oxygen atoms in total. The second kappa shape index (κ2) is 8.26. The lowest BCUT2D eigenvalue weighted by Crippen LogP contribution is -2.17. The molecule has 0 aliphatic heterocycles. The number of aromatic nitrogens is 4. The molecule has 3 aromatic rings. The van der Waals surface area contributed by atoms with Crippen LogP contribution in [0.25, 0.3) is 21.5 Å². The second-order valence-corrected chi connectivity index (χ2v) is 7.51. The maximum absolute atomic E-state index is 10.8. The topological polar surface area (TPSA) is 113 Å². The summed E-state index contributed by atoms with van der Waals surface area (Å²) in [4.78, 5) is 14.5. The normalized spacial score (nSPS) is 15.0. The molecule has 1 unspecified atom stereocenters. The Morgan fingerprint density at radius 2 is 2.17 bits per heavy atom. The molecule has 0 spiro atoms. The Morgan fingerprint density at radius 3 is 2.87 bits per heavy atom. The predicted molar refractivity (Wildman–Crippen MR) is 110 cm³/mol. The number of carboxylic acids is 1. The first-order chi connectivity index (χ1) is 14.6. The van der Waals surface area contributed by atoms with E-state index in [4.69, 9.17) is 11.7 Å². The molecule has 0 amide bonds. The van der Waals surface area contributed by atoms with Crippen molar-refractivity contribution < 1.29 is 9.90 Å². The fourth-order valence-electron chi connectivity index (χ4n) is 4.26. The van der Waals surface area contributed by atoms with Crippen LogP contribution in [0.2, 0.25) is 0 Å². The number of anilines is 1. The Kier molecular flexibility index (Phi) is 5.36. The van der Waals surface area contributed by atoms with E-state index in [1.807, 2.05) is 10.9 Å². The summed E-state index contributed by atoms with van der Waals surface area (Å²) in [5.41, 5.74) is 3.15. The van der Waals surface area contributed by atoms with Crippen LogP contribution >= 0.6 is 0 Å². The number of nitrogens with zero attached hydrogens (tertiary/aromatic N) is 6. The van der Waals surface area contributed by atoms with Crippen molar-refractivity contribution in [1.82, 2.24) is 19.4 Å². The molecule has 0 bridgehead atoms. The Hall–Kier alpha value is -3.85. The van der Waals surface area contributed by atoms with Crippen LogP contribution in [0.3, 0.4) is 0 Å². The van der Waals surface area contributed by atoms with E-state index in [2.05, 4.69) is 26.4 Å². The maximum Gasteiger partial charge on any atom is 0.322 e. The van der Waals surface area contributed by atoms with Crippen LogP contribution in [0, 0.1) is 23.8 Å². The third kappa shape index (κ3) is 3.70. The zero-order valence-electron chi connectivity index (χ0n) is 16.3. The van der Waals surface area contributed by atoms with Gasteiger partial charge in [-0.2, -0.15) is 15.5 Å². The van der Waals surface area contributed by atoms with Crippen molar-refractivity contribution in [3.8, 4) is 17.2 Å². The average Bonchev–Trinajstić information content (AvgIpc) is 3.50. The summed E-state index contributed by atoms with van der Waals surface area (Å²) in [6.45, 7) is 7.35. The van der Waals surface area contributed by atoms with E-state index in [-0.39, 0.29) is 12.6 Å². The first kappa shape index (κ1) is 19.5. The van der Waals surface area contributed by atoms with E-state index in [9.17, 15) is 10.1 Å². The minimum Gasteiger partial charge on any atom is -0.480 e. The summed E-state index contributed by atoms with van der Waals surface area (Å²) >= 11 is 0. The molecule has 0 aromatic carbocycles. The van der Waals surface area contributed by atoms with Crippen molar-refractivity contribution in [3.63, 3.8) is 0 Å². The third-order valence-corrected chi connectivity index (χ3v) is 5.66. The lowest BCUT2D eigenvalue weighted by atomic mass is 9.96. The van der Waals surface area contributed by atoms with Gasteiger partial charge >= 0.3 is 5.97 Å². The molecule has 0 radical (unpaired) electrons. The van der Waals surface area contributed by atoms with E-state index >= 15 is 0 Å². The highest BCUT2D eigenvalue weighted by atomic mass is 16.4. The second-order valence-electron chi connectivity index (χ2n) is 7.51. The molecule has 1 fully saturated rings. The van der Waals surface area contributed by atoms with E-state index in [0.717, 1.165) is 18.4 Å². The molecule has 9 heteroatoms. The molecule has 0 saturated heterocycles. The minimum atomic E-state index is -0.961. The number of aliphatic carboxylic acids is 1. The summed E-state index contributed by atoms with van der Waals surface area (Å²) in [5, 5.41) is 29.8. The number of carbonyl (C=O) groups is 1. The Balaban J connectivity index is 1.74. The van der Waals surface area contributed by atoms with Gasteiger partial charge in [0.15, 0.2) is 0 Å². The highest BCUT2D eigenvalue weighted by Crippen LogP contribution is 2.39. The molecule has 1 atom stereocenters. The molecule has 3 aromatic heterocycles. The van der Waals surface area contributed by atoms with E-state index in [0.29, 0.717) is 34.8 Å². The van der Waals surface area contributed by atoms with Crippen LogP contribution in [0.1, 0.15) is 38.1 Å². The van der Waals surface area contributed by atoms with Gasteiger partial charge in [-0.3, -0.25) is 9.48 Å². The van der Waals surface area contributed by atoms with E-state index < -0.39 is 5.97 Å². The molecule has 1 saturated carbocycles. The Bertz CT molecular complexity index is 1160. The SMILES string of the molecule is [C-]#[N+]c1cnn2cc(NCC(=O)O)cc2c1-c1cnn(C(CC#N)C2CCCC2)c1. The van der Waals surface area contributed by atoms with Crippen LogP contribution in [0.5, 0.6) is 0 Å². The van der Waals surface area contributed by atoms with Gasteiger partial charge in [0.2, 0.25) is 5.69 Å². The number of fused-ring (bicyclic) bond motifs is 1. The number of carboxylic acid groups (broad SMARTS) is 1. The highest BCUT2D eigenvalue weighted by molar-refractivity contribution is 5.91. The van der Waals surface area contributed by atoms with Gasteiger partial charge in [0.1, 0.15) is 6.54 Å². The molecule has 3 heterocycles. The van der Waals surface area contributed by atoms with Gasteiger partial charge < -0.3 is 10.4 Å². The lowest BCUT2D eigenvalue weighted by Gasteiger charge is -2.21. The van der Waals surface area contributed by atoms with E-state index in [1.165, 1.54) is 19.0 Å². The van der Waals surface area contributed by atoms with Crippen molar-refractivity contribution in [2.45, 2.75) is 38.1 Å². The van der Waals surface area contributed by atoms with Gasteiger partial charge in [0, 0.05) is 17.3 Å². The Morgan fingerprint density at radius 1 is 1.37 bits per heavy atom. The van der Waals surface area contributed by atoms with E-state index in [1.54, 1.807) is 23.0 Å². The van der Waals surface area contributed by atoms with Crippen LogP contribution in [0.15, 0.2) is 30.9 Å². The first-order valence-corrected chi connectivity index (χ1v) is 9.86. The number of nitrogens with one attached hydrogen (secondary N) is 1. The lowest BCUT2D eigenvalue weighted by molar-refractivity contribution is -0.134. The van der Waals surface area contributed by atoms with Gasteiger partial charge in [-0.15, -0.1) is 0 Å². The molecule has 2 N–H and O–H groups in total. The number of hydrogen-bond donors (Lipinski definition) is 2. The van der Waals surface area contributed by atoms with Gasteiger partial charge in [-0.05, 0) is 24.8 Å². The van der Waals surface area contributed by atoms with Crippen molar-refractivity contribution in [2.75, 3.05) is 11.9 Å². The fraction of sp³-hybridized carbons (Fsp3) is 0.381. The fourth-order valence-corrected chi connectivity index (χ4v) is 4.26. The summed E-state index contributed by atoms with van der Waals surface area (Å²) in [6.07, 6.45) is 11.8. The Labute approximate surface area is 173 Å². The quantitative estimate of drug-likeness (QED) is 0.579. The summed E-state index contributed by atoms with van der Waals surface area (Å²) in [7, 11) is 0. The molecular weight excluding hydrogens is 382 g/mol. The van der Waals surface area contributed by atoms with Crippen molar-refractivity contribution >= 4 is 22.9 Å². The van der Waals surface area contributed by atoms with Gasteiger partial charge in [-0.25, -0.2) is 9.36 Å². The zero-order valence-corrected chi connectivity index (χ0v) is 16.3. The maximum atomic E-state index is 10.8. The van der Waals surface area contributed by atoms with Crippen LogP contribution < -0.4 is 5.32 Å². The largest absolute Gasteiger partial charge is 0.480 e. The standard InChI is InChI=1S/C21H21N7O2/c1-23-17-10-26-28-13-16(24-11-20(29)30)8-19(28)21(17)15-9-25-27(12-15)18(6-7-22)14-4-2-3-5-14/h8-10,12-14,18,24H,2-6,11H2,(H,29,30). The first-order valence-electron chi connectivity index (χ1n) is 9.86. The highest BCUT2D eigenvalue weighted by Gasteiger charge is 2.27. The van der Waals surface area contributed by atoms with Gasteiger partial charge in [0.05, 0.1) is 54.9 Å². The molecule has 30 heavy (non-hydrogen) atoms. The smallest absolute Gasteiger partial charge is 0.322 e. The average molecular weight is 403 g/mol. The molecule has 152 valence electrons. The monoisotopic (exact) mass is 403 g/mol. The van der Waals surface area contributed by atoms with Gasteiger partial charge in [0.25, 0.3) is 0 Å². The zero-order chi connectivity index (χ0) is 21.1. The molecular formula is C21H21N7O2. The van der Waals surface area contributed by atoms with Crippen molar-refractivity contribution in [2.24, 2.45) is 5.92 Å². The van der Waals surface area contributed by atoms with Crippen molar-refractivity contribution in [3.05, 3.63) is 42.3 Å². The minimum absolute atomic E-state index is 0.0278.